The molecule has 6 heteroatoms. The lowest BCUT2D eigenvalue weighted by Gasteiger charge is -2.06. The highest BCUT2D eigenvalue weighted by Crippen LogP contribution is 2.06. The smallest absolute Gasteiger partial charge is 0.280 e. The van der Waals surface area contributed by atoms with Crippen molar-refractivity contribution in [2.45, 2.75) is 50.8 Å². The molecule has 0 aliphatic carbocycles. The van der Waals surface area contributed by atoms with Crippen molar-refractivity contribution >= 4 is 15.9 Å². The maximum Gasteiger partial charge on any atom is 0.280 e. The SMILES string of the molecule is CCCCCC(=O)CCC(N)S(=O)(=O)O. The summed E-state index contributed by atoms with van der Waals surface area (Å²) in [5.74, 6) is 0.00236. The average Bonchev–Trinajstić information content (AvgIpc) is 2.13. The van der Waals surface area contributed by atoms with E-state index in [9.17, 15) is 13.2 Å². The molecule has 0 bridgehead atoms. The van der Waals surface area contributed by atoms with Crippen LogP contribution in [0.4, 0.5) is 0 Å². The lowest BCUT2D eigenvalue weighted by atomic mass is 10.1. The van der Waals surface area contributed by atoms with Crippen LogP contribution < -0.4 is 5.73 Å². The van der Waals surface area contributed by atoms with Gasteiger partial charge in [0, 0.05) is 12.8 Å². The molecule has 0 spiro atoms. The van der Waals surface area contributed by atoms with Gasteiger partial charge in [-0.2, -0.15) is 8.42 Å². The van der Waals surface area contributed by atoms with Crippen molar-refractivity contribution in [1.29, 1.82) is 0 Å². The van der Waals surface area contributed by atoms with Crippen LogP contribution in [-0.2, 0) is 14.9 Å². The van der Waals surface area contributed by atoms with E-state index in [0.29, 0.717) is 6.42 Å². The Kier molecular flexibility index (Phi) is 6.71. The summed E-state index contributed by atoms with van der Waals surface area (Å²) in [5, 5.41) is -1.34. The van der Waals surface area contributed by atoms with Crippen molar-refractivity contribution in [2.75, 3.05) is 0 Å². The van der Waals surface area contributed by atoms with Gasteiger partial charge in [-0.15, -0.1) is 0 Å². The summed E-state index contributed by atoms with van der Waals surface area (Å²) in [6.07, 6.45) is 3.44. The molecule has 0 aromatic carbocycles. The highest BCUT2D eigenvalue weighted by molar-refractivity contribution is 7.86. The minimum absolute atomic E-state index is 0.00236. The van der Waals surface area contributed by atoms with E-state index in [2.05, 4.69) is 0 Å². The van der Waals surface area contributed by atoms with Crippen molar-refractivity contribution in [3.8, 4) is 0 Å². The molecule has 3 N–H and O–H groups in total. The Morgan fingerprint density at radius 3 is 2.40 bits per heavy atom. The van der Waals surface area contributed by atoms with Crippen molar-refractivity contribution in [2.24, 2.45) is 5.73 Å². The molecule has 0 saturated heterocycles. The van der Waals surface area contributed by atoms with Gasteiger partial charge in [-0.3, -0.25) is 9.35 Å². The second-order valence-corrected chi connectivity index (χ2v) is 5.22. The Balaban J connectivity index is 3.72. The van der Waals surface area contributed by atoms with Crippen molar-refractivity contribution < 1.29 is 17.8 Å². The zero-order valence-electron chi connectivity index (χ0n) is 8.98. The van der Waals surface area contributed by atoms with Crippen LogP contribution in [0.5, 0.6) is 0 Å². The third-order valence-corrected chi connectivity index (χ3v) is 3.15. The first-order chi connectivity index (χ1) is 6.88. The summed E-state index contributed by atoms with van der Waals surface area (Å²) in [6.45, 7) is 2.04. The van der Waals surface area contributed by atoms with Gasteiger partial charge in [0.05, 0.1) is 0 Å². The minimum atomic E-state index is -4.20. The summed E-state index contributed by atoms with van der Waals surface area (Å²) >= 11 is 0. The van der Waals surface area contributed by atoms with Crippen molar-refractivity contribution in [3.05, 3.63) is 0 Å². The molecule has 90 valence electrons. The van der Waals surface area contributed by atoms with E-state index in [-0.39, 0.29) is 18.6 Å². The predicted molar refractivity (Wildman–Crippen MR) is 57.9 cm³/mol. The van der Waals surface area contributed by atoms with Gasteiger partial charge < -0.3 is 5.73 Å². The second-order valence-electron chi connectivity index (χ2n) is 3.59. The van der Waals surface area contributed by atoms with Crippen LogP contribution in [0.15, 0.2) is 0 Å². The normalized spacial score (nSPS) is 13.8. The molecular formula is C9H19NO4S. The number of carbonyl (C=O) groups is 1. The van der Waals surface area contributed by atoms with Gasteiger partial charge in [0.2, 0.25) is 0 Å². The molecular weight excluding hydrogens is 218 g/mol. The van der Waals surface area contributed by atoms with Crippen LogP contribution in [0.2, 0.25) is 0 Å². The Morgan fingerprint density at radius 1 is 1.33 bits per heavy atom. The van der Waals surface area contributed by atoms with E-state index in [0.717, 1.165) is 19.3 Å². The summed E-state index contributed by atoms with van der Waals surface area (Å²) in [7, 11) is -4.20. The number of carbonyl (C=O) groups excluding carboxylic acids is 1. The van der Waals surface area contributed by atoms with Gasteiger partial charge in [0.25, 0.3) is 10.1 Å². The predicted octanol–water partition coefficient (Wildman–Crippen LogP) is 1.09. The number of Topliss-reactive ketones (excluding diaryl/α,β-unsaturated/α-hetero) is 1. The number of hydrogen-bond acceptors (Lipinski definition) is 4. The summed E-state index contributed by atoms with van der Waals surface area (Å²) in [6, 6.07) is 0. The standard InChI is InChI=1S/C9H19NO4S/c1-2-3-4-5-8(11)6-7-9(10)15(12,13)14/h9H,2-7,10H2,1H3,(H,12,13,14). The Labute approximate surface area is 90.8 Å². The van der Waals surface area contributed by atoms with Gasteiger partial charge in [-0.05, 0) is 12.8 Å². The highest BCUT2D eigenvalue weighted by atomic mass is 32.2. The maximum absolute atomic E-state index is 11.2. The fraction of sp³-hybridized carbons (Fsp3) is 0.889. The lowest BCUT2D eigenvalue weighted by molar-refractivity contribution is -0.119. The zero-order chi connectivity index (χ0) is 11.9. The Bertz CT molecular complexity index is 286. The molecule has 1 atom stereocenters. The first-order valence-corrected chi connectivity index (χ1v) is 6.61. The first-order valence-electron chi connectivity index (χ1n) is 5.11. The first kappa shape index (κ1) is 14.5. The fourth-order valence-electron chi connectivity index (χ4n) is 1.15. The maximum atomic E-state index is 11.2. The van der Waals surface area contributed by atoms with Gasteiger partial charge in [0.15, 0.2) is 0 Å². The van der Waals surface area contributed by atoms with Crippen LogP contribution in [0, 0.1) is 0 Å². The second kappa shape index (κ2) is 6.92. The van der Waals surface area contributed by atoms with Crippen LogP contribution >= 0.6 is 0 Å². The van der Waals surface area contributed by atoms with Crippen molar-refractivity contribution in [3.63, 3.8) is 0 Å². The number of hydrogen-bond donors (Lipinski definition) is 2. The van der Waals surface area contributed by atoms with E-state index >= 15 is 0 Å². The van der Waals surface area contributed by atoms with Crippen molar-refractivity contribution in [1.82, 2.24) is 0 Å². The summed E-state index contributed by atoms with van der Waals surface area (Å²) < 4.78 is 29.6. The molecule has 1 unspecified atom stereocenters. The molecule has 0 heterocycles. The van der Waals surface area contributed by atoms with Gasteiger partial charge in [-0.1, -0.05) is 19.8 Å². The highest BCUT2D eigenvalue weighted by Gasteiger charge is 2.18. The third kappa shape index (κ3) is 7.47. The molecule has 0 amide bonds. The lowest BCUT2D eigenvalue weighted by Crippen LogP contribution is -2.30. The molecule has 0 saturated carbocycles. The Hall–Kier alpha value is -0.460. The zero-order valence-corrected chi connectivity index (χ0v) is 9.79. The Morgan fingerprint density at radius 2 is 1.93 bits per heavy atom. The van der Waals surface area contributed by atoms with Crippen LogP contribution in [0.1, 0.15) is 45.4 Å². The van der Waals surface area contributed by atoms with Gasteiger partial charge in [-0.25, -0.2) is 0 Å². The van der Waals surface area contributed by atoms with E-state index in [1.807, 2.05) is 6.92 Å². The molecule has 5 nitrogen and oxygen atoms in total. The minimum Gasteiger partial charge on any atom is -0.313 e. The molecule has 0 radical (unpaired) electrons. The van der Waals surface area contributed by atoms with E-state index < -0.39 is 15.5 Å². The molecule has 0 fully saturated rings. The number of unbranched alkanes of at least 4 members (excludes halogenated alkanes) is 2. The number of nitrogens with two attached hydrogens (primary N) is 1. The number of rotatable bonds is 8. The topological polar surface area (TPSA) is 97.5 Å². The monoisotopic (exact) mass is 237 g/mol. The third-order valence-electron chi connectivity index (χ3n) is 2.15. The summed E-state index contributed by atoms with van der Waals surface area (Å²) in [5.41, 5.74) is 5.16. The van der Waals surface area contributed by atoms with Crippen LogP contribution in [-0.4, -0.2) is 24.1 Å². The van der Waals surface area contributed by atoms with Crippen LogP contribution in [0.3, 0.4) is 0 Å². The molecule has 0 aliphatic rings. The van der Waals surface area contributed by atoms with Gasteiger partial charge >= 0.3 is 0 Å². The molecule has 15 heavy (non-hydrogen) atoms. The fourth-order valence-corrected chi connectivity index (χ4v) is 1.57. The molecule has 0 aromatic rings. The van der Waals surface area contributed by atoms with Gasteiger partial charge in [0.1, 0.15) is 11.2 Å². The summed E-state index contributed by atoms with van der Waals surface area (Å²) in [4.78, 5) is 11.2. The van der Waals surface area contributed by atoms with E-state index in [4.69, 9.17) is 10.3 Å². The van der Waals surface area contributed by atoms with E-state index in [1.165, 1.54) is 0 Å². The van der Waals surface area contributed by atoms with E-state index in [1.54, 1.807) is 0 Å². The number of ketones is 1. The molecule has 0 aliphatic heterocycles. The average molecular weight is 237 g/mol. The largest absolute Gasteiger partial charge is 0.313 e. The molecule has 0 aromatic heterocycles. The van der Waals surface area contributed by atoms with Crippen LogP contribution in [0.25, 0.3) is 0 Å². The quantitative estimate of drug-likeness (QED) is 0.486. The molecule has 0 rings (SSSR count).